The topological polar surface area (TPSA) is 20.2 Å². The molecule has 0 heterocycles. The van der Waals surface area contributed by atoms with Crippen molar-refractivity contribution >= 4 is 0 Å². The Bertz CT molecular complexity index is 240. The van der Waals surface area contributed by atoms with Crippen molar-refractivity contribution in [2.45, 2.75) is 25.2 Å². The molecule has 3 aliphatic carbocycles. The number of aliphatic hydroxyl groups excluding tert-OH is 1. The lowest BCUT2D eigenvalue weighted by Crippen LogP contribution is -1.98. The molecule has 3 unspecified atom stereocenters. The highest BCUT2D eigenvalue weighted by Gasteiger charge is 2.96. The van der Waals surface area contributed by atoms with Crippen molar-refractivity contribution in [2.75, 3.05) is 6.61 Å². The molecule has 0 aliphatic heterocycles. The number of aliphatic hydroxyl groups is 1. The fraction of sp³-hybridized carbons (Fsp3) is 1.00. The maximum Gasteiger partial charge on any atom is 0.255 e. The lowest BCUT2D eigenvalue weighted by Gasteiger charge is -1.92. The van der Waals surface area contributed by atoms with Gasteiger partial charge in [0.2, 0.25) is 0 Å². The summed E-state index contributed by atoms with van der Waals surface area (Å²) in [5, 5.41) is 8.77. The normalized spacial score (nSPS) is 61.9. The molecular weight excluding hydrogens is 150 g/mol. The van der Waals surface area contributed by atoms with Crippen molar-refractivity contribution in [1.82, 2.24) is 0 Å². The second-order valence-electron chi connectivity index (χ2n) is 4.38. The standard InChI is InChI=1S/C8H10F2O/c9-8(10)4-7(8)3-6(7)1-5(6)2-11/h5,11H,1-4H2. The van der Waals surface area contributed by atoms with E-state index in [-0.39, 0.29) is 24.4 Å². The van der Waals surface area contributed by atoms with Crippen LogP contribution in [0.3, 0.4) is 0 Å². The van der Waals surface area contributed by atoms with Crippen LogP contribution in [0.2, 0.25) is 0 Å². The number of rotatable bonds is 1. The third kappa shape index (κ3) is 0.443. The smallest absolute Gasteiger partial charge is 0.255 e. The molecular formula is C8H10F2O. The van der Waals surface area contributed by atoms with E-state index in [4.69, 9.17) is 5.11 Å². The molecule has 3 heteroatoms. The molecule has 3 rings (SSSR count). The van der Waals surface area contributed by atoms with Gasteiger partial charge in [-0.2, -0.15) is 0 Å². The Morgan fingerprint density at radius 2 is 2.00 bits per heavy atom. The quantitative estimate of drug-likeness (QED) is 0.615. The molecule has 0 aromatic heterocycles. The van der Waals surface area contributed by atoms with E-state index in [0.29, 0.717) is 6.42 Å². The molecule has 2 spiro atoms. The summed E-state index contributed by atoms with van der Waals surface area (Å²) in [6.07, 6.45) is 1.62. The van der Waals surface area contributed by atoms with Crippen molar-refractivity contribution in [3.8, 4) is 0 Å². The lowest BCUT2D eigenvalue weighted by atomic mass is 10.2. The molecule has 0 bridgehead atoms. The van der Waals surface area contributed by atoms with Gasteiger partial charge in [0, 0.05) is 18.4 Å². The van der Waals surface area contributed by atoms with Gasteiger partial charge in [0.15, 0.2) is 0 Å². The van der Waals surface area contributed by atoms with Crippen LogP contribution in [-0.2, 0) is 0 Å². The highest BCUT2D eigenvalue weighted by atomic mass is 19.3. The minimum atomic E-state index is -2.38. The zero-order valence-electron chi connectivity index (χ0n) is 6.11. The predicted octanol–water partition coefficient (Wildman–Crippen LogP) is 1.41. The van der Waals surface area contributed by atoms with Crippen molar-refractivity contribution in [3.05, 3.63) is 0 Å². The second-order valence-corrected chi connectivity index (χ2v) is 4.38. The Morgan fingerprint density at radius 1 is 1.36 bits per heavy atom. The predicted molar refractivity (Wildman–Crippen MR) is 34.2 cm³/mol. The zero-order valence-corrected chi connectivity index (χ0v) is 6.11. The van der Waals surface area contributed by atoms with Crippen molar-refractivity contribution in [2.24, 2.45) is 16.7 Å². The number of alkyl halides is 2. The fourth-order valence-corrected chi connectivity index (χ4v) is 2.98. The van der Waals surface area contributed by atoms with E-state index in [2.05, 4.69) is 0 Å². The van der Waals surface area contributed by atoms with E-state index in [1.807, 2.05) is 0 Å². The number of hydrogen-bond donors (Lipinski definition) is 1. The highest BCUT2D eigenvalue weighted by molar-refractivity contribution is 5.39. The van der Waals surface area contributed by atoms with Crippen LogP contribution in [0.15, 0.2) is 0 Å². The minimum Gasteiger partial charge on any atom is -0.396 e. The first kappa shape index (κ1) is 6.35. The van der Waals surface area contributed by atoms with E-state index in [9.17, 15) is 8.78 Å². The molecule has 3 aliphatic rings. The van der Waals surface area contributed by atoms with Gasteiger partial charge in [0.05, 0.1) is 0 Å². The first-order valence-corrected chi connectivity index (χ1v) is 4.07. The van der Waals surface area contributed by atoms with Gasteiger partial charge >= 0.3 is 0 Å². The summed E-state index contributed by atoms with van der Waals surface area (Å²) in [7, 11) is 0. The summed E-state index contributed by atoms with van der Waals surface area (Å²) in [5.74, 6) is -2.17. The summed E-state index contributed by atoms with van der Waals surface area (Å²) in [4.78, 5) is 0. The third-order valence-electron chi connectivity index (χ3n) is 4.00. The van der Waals surface area contributed by atoms with Gasteiger partial charge in [-0.05, 0) is 24.2 Å². The van der Waals surface area contributed by atoms with Crippen LogP contribution in [-0.4, -0.2) is 17.6 Å². The molecule has 0 aromatic rings. The summed E-state index contributed by atoms with van der Waals surface area (Å²) >= 11 is 0. The monoisotopic (exact) mass is 160 g/mol. The van der Waals surface area contributed by atoms with Gasteiger partial charge in [0.25, 0.3) is 5.92 Å². The van der Waals surface area contributed by atoms with Crippen LogP contribution in [0.25, 0.3) is 0 Å². The summed E-state index contributed by atoms with van der Waals surface area (Å²) in [5.41, 5.74) is -0.710. The van der Waals surface area contributed by atoms with E-state index < -0.39 is 11.3 Å². The van der Waals surface area contributed by atoms with Crippen LogP contribution in [0, 0.1) is 16.7 Å². The van der Waals surface area contributed by atoms with E-state index in [1.54, 1.807) is 0 Å². The molecule has 0 saturated heterocycles. The molecule has 1 N–H and O–H groups in total. The number of hydrogen-bond acceptors (Lipinski definition) is 1. The molecule has 62 valence electrons. The first-order valence-electron chi connectivity index (χ1n) is 4.07. The Morgan fingerprint density at radius 3 is 2.27 bits per heavy atom. The van der Waals surface area contributed by atoms with Crippen molar-refractivity contribution in [3.63, 3.8) is 0 Å². The van der Waals surface area contributed by atoms with Gasteiger partial charge in [-0.1, -0.05) is 0 Å². The molecule has 0 radical (unpaired) electrons. The van der Waals surface area contributed by atoms with Gasteiger partial charge in [-0.15, -0.1) is 0 Å². The Kier molecular flexibility index (Phi) is 0.716. The molecule has 11 heavy (non-hydrogen) atoms. The summed E-state index contributed by atoms with van der Waals surface area (Å²) in [6, 6.07) is 0. The molecule has 3 saturated carbocycles. The van der Waals surface area contributed by atoms with Crippen LogP contribution in [0.4, 0.5) is 8.78 Å². The molecule has 1 nitrogen and oxygen atoms in total. The van der Waals surface area contributed by atoms with Gasteiger partial charge in [0.1, 0.15) is 0 Å². The van der Waals surface area contributed by atoms with E-state index in [1.165, 1.54) is 0 Å². The molecule has 0 amide bonds. The van der Waals surface area contributed by atoms with Gasteiger partial charge < -0.3 is 5.11 Å². The van der Waals surface area contributed by atoms with Crippen LogP contribution in [0.1, 0.15) is 19.3 Å². The maximum absolute atomic E-state index is 12.7. The molecule has 3 atom stereocenters. The van der Waals surface area contributed by atoms with Crippen molar-refractivity contribution < 1.29 is 13.9 Å². The third-order valence-corrected chi connectivity index (χ3v) is 4.00. The fourth-order valence-electron chi connectivity index (χ4n) is 2.98. The maximum atomic E-state index is 12.7. The Balaban J connectivity index is 1.82. The first-order chi connectivity index (χ1) is 5.08. The molecule has 3 fully saturated rings. The number of fused-ring (bicyclic) bond motifs is 1. The highest BCUT2D eigenvalue weighted by Crippen LogP contribution is 2.95. The number of halogens is 2. The van der Waals surface area contributed by atoms with Crippen LogP contribution < -0.4 is 0 Å². The molecule has 0 aromatic carbocycles. The Labute approximate surface area is 63.4 Å². The summed E-state index contributed by atoms with van der Waals surface area (Å²) in [6.45, 7) is 0.109. The SMILES string of the molecule is OCC1CC12CC21CC1(F)F. The minimum absolute atomic E-state index is 0.0920. The average Bonchev–Trinajstić information content (AvgIpc) is 2.77. The lowest BCUT2D eigenvalue weighted by molar-refractivity contribution is 0.0864. The van der Waals surface area contributed by atoms with Gasteiger partial charge in [-0.3, -0.25) is 0 Å². The van der Waals surface area contributed by atoms with Crippen LogP contribution >= 0.6 is 0 Å². The van der Waals surface area contributed by atoms with Gasteiger partial charge in [-0.25, -0.2) is 8.78 Å². The van der Waals surface area contributed by atoms with Crippen molar-refractivity contribution in [1.29, 1.82) is 0 Å². The van der Waals surface area contributed by atoms with E-state index >= 15 is 0 Å². The largest absolute Gasteiger partial charge is 0.396 e. The second kappa shape index (κ2) is 1.24. The van der Waals surface area contributed by atoms with E-state index in [0.717, 1.165) is 6.42 Å². The van der Waals surface area contributed by atoms with Crippen LogP contribution in [0.5, 0.6) is 0 Å². The zero-order chi connectivity index (χ0) is 7.91. The Hall–Kier alpha value is -0.180. The average molecular weight is 160 g/mol. The summed E-state index contributed by atoms with van der Waals surface area (Å²) < 4.78 is 25.5.